The molecule has 1 heterocycles. The second-order valence-corrected chi connectivity index (χ2v) is 6.91. The molecule has 0 bridgehead atoms. The van der Waals surface area contributed by atoms with Crippen LogP contribution in [0, 0.1) is 5.92 Å². The molecule has 1 aromatic carbocycles. The van der Waals surface area contributed by atoms with Gasteiger partial charge in [-0.1, -0.05) is 29.8 Å². The average Bonchev–Trinajstić information content (AvgIpc) is 3.31. The zero-order chi connectivity index (χ0) is 17.1. The van der Waals surface area contributed by atoms with Crippen LogP contribution in [0.1, 0.15) is 25.3 Å². The molecule has 1 N–H and O–H groups in total. The number of hydrogen-bond acceptors (Lipinski definition) is 3. The molecule has 0 unspecified atom stereocenters. The normalized spacial score (nSPS) is 15.5. The van der Waals surface area contributed by atoms with Gasteiger partial charge < -0.3 is 5.32 Å². The van der Waals surface area contributed by atoms with Crippen LogP contribution in [0.5, 0.6) is 0 Å². The third-order valence-electron chi connectivity index (χ3n) is 4.65. The summed E-state index contributed by atoms with van der Waals surface area (Å²) in [5, 5.41) is 7.94. The monoisotopic (exact) mass is 346 g/mol. The van der Waals surface area contributed by atoms with E-state index in [1.807, 2.05) is 31.3 Å². The van der Waals surface area contributed by atoms with Crippen LogP contribution in [0.4, 0.5) is 5.82 Å². The number of carbonyl (C=O) groups excluding carboxylic acids is 1. The van der Waals surface area contributed by atoms with Gasteiger partial charge in [0.25, 0.3) is 0 Å². The highest BCUT2D eigenvalue weighted by Crippen LogP contribution is 2.34. The van der Waals surface area contributed by atoms with Gasteiger partial charge in [0.05, 0.1) is 19.3 Å². The third-order valence-corrected chi connectivity index (χ3v) is 5.02. The van der Waals surface area contributed by atoms with Crippen LogP contribution in [0.3, 0.4) is 0 Å². The van der Waals surface area contributed by atoms with Crippen molar-refractivity contribution in [1.29, 1.82) is 0 Å². The minimum absolute atomic E-state index is 0.0223. The molecule has 1 amide bonds. The van der Waals surface area contributed by atoms with Gasteiger partial charge in [-0.3, -0.25) is 9.69 Å². The minimum Gasteiger partial charge on any atom is -0.310 e. The highest BCUT2D eigenvalue weighted by molar-refractivity contribution is 6.31. The summed E-state index contributed by atoms with van der Waals surface area (Å²) in [6, 6.07) is 9.90. The second kappa shape index (κ2) is 7.36. The lowest BCUT2D eigenvalue weighted by atomic mass is 10.2. The van der Waals surface area contributed by atoms with E-state index in [9.17, 15) is 4.79 Å². The largest absolute Gasteiger partial charge is 0.310 e. The van der Waals surface area contributed by atoms with Gasteiger partial charge in [0.15, 0.2) is 0 Å². The molecule has 128 valence electrons. The van der Waals surface area contributed by atoms with Crippen molar-refractivity contribution in [3.8, 4) is 0 Å². The molecule has 2 aromatic rings. The Bertz CT molecular complexity index is 711. The van der Waals surface area contributed by atoms with Gasteiger partial charge in [-0.2, -0.15) is 5.10 Å². The van der Waals surface area contributed by atoms with E-state index in [1.54, 1.807) is 16.9 Å². The number of likely N-dealkylation sites (N-methyl/N-ethyl adjacent to an activating group) is 1. The van der Waals surface area contributed by atoms with Crippen LogP contribution in [0.25, 0.3) is 0 Å². The van der Waals surface area contributed by atoms with Gasteiger partial charge in [0.2, 0.25) is 5.91 Å². The number of amides is 1. The number of rotatable bonds is 7. The second-order valence-electron chi connectivity index (χ2n) is 6.51. The minimum atomic E-state index is -0.0223. The lowest BCUT2D eigenvalue weighted by molar-refractivity contribution is -0.117. The summed E-state index contributed by atoms with van der Waals surface area (Å²) < 4.78 is 1.75. The molecule has 1 atom stereocenters. The van der Waals surface area contributed by atoms with E-state index in [4.69, 9.17) is 11.6 Å². The molecule has 3 rings (SSSR count). The van der Waals surface area contributed by atoms with Crippen molar-refractivity contribution in [2.45, 2.75) is 32.4 Å². The molecule has 0 saturated heterocycles. The van der Waals surface area contributed by atoms with E-state index >= 15 is 0 Å². The van der Waals surface area contributed by atoms with Crippen LogP contribution in [-0.4, -0.2) is 40.2 Å². The molecule has 1 saturated carbocycles. The van der Waals surface area contributed by atoms with Gasteiger partial charge in [0, 0.05) is 17.1 Å². The Morgan fingerprint density at radius 2 is 2.17 bits per heavy atom. The molecular weight excluding hydrogens is 324 g/mol. The Morgan fingerprint density at radius 3 is 2.88 bits per heavy atom. The maximum atomic E-state index is 12.3. The van der Waals surface area contributed by atoms with E-state index in [2.05, 4.69) is 22.2 Å². The molecule has 0 spiro atoms. The highest BCUT2D eigenvalue weighted by Gasteiger charge is 2.31. The summed E-state index contributed by atoms with van der Waals surface area (Å²) in [7, 11) is 2.00. The van der Waals surface area contributed by atoms with Crippen molar-refractivity contribution in [3.63, 3.8) is 0 Å². The average molecular weight is 347 g/mol. The van der Waals surface area contributed by atoms with Crippen molar-refractivity contribution in [1.82, 2.24) is 14.7 Å². The summed E-state index contributed by atoms with van der Waals surface area (Å²) in [4.78, 5) is 14.4. The maximum absolute atomic E-state index is 12.3. The predicted octanol–water partition coefficient (Wildman–Crippen LogP) is 3.25. The first-order valence-electron chi connectivity index (χ1n) is 8.30. The smallest absolute Gasteiger partial charge is 0.239 e. The molecule has 0 radical (unpaired) electrons. The number of hydrogen-bond donors (Lipinski definition) is 1. The molecule has 5 nitrogen and oxygen atoms in total. The molecule has 1 aliphatic carbocycles. The lowest BCUT2D eigenvalue weighted by Crippen LogP contribution is -2.37. The summed E-state index contributed by atoms with van der Waals surface area (Å²) in [5.74, 6) is 1.41. The Kier molecular flexibility index (Phi) is 5.21. The molecule has 6 heteroatoms. The van der Waals surface area contributed by atoms with Gasteiger partial charge in [0.1, 0.15) is 5.82 Å². The number of nitrogens with one attached hydrogen (secondary N) is 1. The van der Waals surface area contributed by atoms with E-state index in [0.717, 1.165) is 11.5 Å². The zero-order valence-corrected chi connectivity index (χ0v) is 14.8. The van der Waals surface area contributed by atoms with Crippen LogP contribution in [-0.2, 0) is 11.3 Å². The maximum Gasteiger partial charge on any atom is 0.239 e. The summed E-state index contributed by atoms with van der Waals surface area (Å²) in [6.45, 7) is 3.10. The Hall–Kier alpha value is -1.85. The standard InChI is InChI=1S/C18H23ClN4O/c1-13(14-7-8-14)22(2)12-18(24)21-17-9-10-20-23(17)11-15-5-3-4-6-16(15)19/h3-6,9-10,13-14H,7-8,11-12H2,1-2H3,(H,21,24)/t13-/m1/s1. The van der Waals surface area contributed by atoms with Crippen molar-refractivity contribution in [2.24, 2.45) is 5.92 Å². The van der Waals surface area contributed by atoms with Crippen LogP contribution in [0.2, 0.25) is 5.02 Å². The molecule has 1 aromatic heterocycles. The number of anilines is 1. The zero-order valence-electron chi connectivity index (χ0n) is 14.1. The fraction of sp³-hybridized carbons (Fsp3) is 0.444. The summed E-state index contributed by atoms with van der Waals surface area (Å²) >= 11 is 6.20. The number of aromatic nitrogens is 2. The van der Waals surface area contributed by atoms with E-state index in [-0.39, 0.29) is 5.91 Å². The first-order valence-corrected chi connectivity index (χ1v) is 8.67. The lowest BCUT2D eigenvalue weighted by Gasteiger charge is -2.23. The number of benzene rings is 1. The van der Waals surface area contributed by atoms with Crippen LogP contribution >= 0.6 is 11.6 Å². The quantitative estimate of drug-likeness (QED) is 0.837. The summed E-state index contributed by atoms with van der Waals surface area (Å²) in [6.07, 6.45) is 4.23. The SMILES string of the molecule is C[C@H](C1CC1)N(C)CC(=O)Nc1ccnn1Cc1ccccc1Cl. The molecular formula is C18H23ClN4O. The fourth-order valence-electron chi connectivity index (χ4n) is 2.84. The van der Waals surface area contributed by atoms with E-state index in [0.29, 0.717) is 30.0 Å². The molecule has 1 aliphatic rings. The van der Waals surface area contributed by atoms with Crippen molar-refractivity contribution >= 4 is 23.3 Å². The van der Waals surface area contributed by atoms with Gasteiger partial charge >= 0.3 is 0 Å². The van der Waals surface area contributed by atoms with Crippen LogP contribution < -0.4 is 5.32 Å². The van der Waals surface area contributed by atoms with Crippen LogP contribution in [0.15, 0.2) is 36.5 Å². The van der Waals surface area contributed by atoms with Crippen molar-refractivity contribution in [2.75, 3.05) is 18.9 Å². The first kappa shape index (κ1) is 17.0. The van der Waals surface area contributed by atoms with Gasteiger partial charge in [-0.15, -0.1) is 0 Å². The molecule has 1 fully saturated rings. The third kappa shape index (κ3) is 4.16. The van der Waals surface area contributed by atoms with Gasteiger partial charge in [-0.05, 0) is 44.4 Å². The summed E-state index contributed by atoms with van der Waals surface area (Å²) in [5.41, 5.74) is 0.970. The van der Waals surface area contributed by atoms with E-state index < -0.39 is 0 Å². The number of nitrogens with zero attached hydrogens (tertiary/aromatic N) is 3. The van der Waals surface area contributed by atoms with Gasteiger partial charge in [-0.25, -0.2) is 4.68 Å². The highest BCUT2D eigenvalue weighted by atomic mass is 35.5. The van der Waals surface area contributed by atoms with Crippen molar-refractivity contribution in [3.05, 3.63) is 47.1 Å². The molecule has 0 aliphatic heterocycles. The van der Waals surface area contributed by atoms with Crippen molar-refractivity contribution < 1.29 is 4.79 Å². The number of halogens is 1. The number of carbonyl (C=O) groups is 1. The topological polar surface area (TPSA) is 50.2 Å². The fourth-order valence-corrected chi connectivity index (χ4v) is 3.04. The predicted molar refractivity (Wildman–Crippen MR) is 96.2 cm³/mol. The Labute approximate surface area is 147 Å². The Morgan fingerprint density at radius 1 is 1.42 bits per heavy atom. The first-order chi connectivity index (χ1) is 11.5. The van der Waals surface area contributed by atoms with E-state index in [1.165, 1.54) is 12.8 Å². The Balaban J connectivity index is 1.60. The molecule has 24 heavy (non-hydrogen) atoms.